The Kier molecular flexibility index (Phi) is 5.43. The molecule has 0 aliphatic heterocycles. The number of benzene rings is 1. The van der Waals surface area contributed by atoms with Gasteiger partial charge in [0.25, 0.3) is 0 Å². The molecule has 132 valence electrons. The van der Waals surface area contributed by atoms with E-state index in [4.69, 9.17) is 4.74 Å². The Morgan fingerprint density at radius 1 is 1.23 bits per heavy atom. The van der Waals surface area contributed by atoms with Crippen LogP contribution in [0.5, 0.6) is 0 Å². The molecule has 0 atom stereocenters. The highest BCUT2D eigenvalue weighted by atomic mass is 32.1. The molecule has 3 rings (SSSR count). The Morgan fingerprint density at radius 2 is 2.00 bits per heavy atom. The van der Waals surface area contributed by atoms with Gasteiger partial charge in [0, 0.05) is 29.2 Å². The fourth-order valence-corrected chi connectivity index (χ4v) is 3.18. The first kappa shape index (κ1) is 17.8. The summed E-state index contributed by atoms with van der Waals surface area (Å²) < 4.78 is 10.6. The Morgan fingerprint density at radius 3 is 2.73 bits per heavy atom. The molecule has 3 aromatic rings. The van der Waals surface area contributed by atoms with Gasteiger partial charge in [-0.05, 0) is 30.6 Å². The fraction of sp³-hybridized carbons (Fsp3) is 0.150. The molecule has 0 saturated heterocycles. The van der Waals surface area contributed by atoms with E-state index in [9.17, 15) is 9.59 Å². The number of ether oxygens (including phenoxy) is 1. The number of carbonyl (C=O) groups excluding carboxylic acids is 2. The van der Waals surface area contributed by atoms with E-state index in [1.165, 1.54) is 18.6 Å². The van der Waals surface area contributed by atoms with Crippen molar-refractivity contribution in [3.8, 4) is 0 Å². The smallest absolute Gasteiger partial charge is 0.358 e. The molecule has 0 saturated carbocycles. The van der Waals surface area contributed by atoms with Crippen molar-refractivity contribution in [2.45, 2.75) is 13.5 Å². The van der Waals surface area contributed by atoms with E-state index in [0.29, 0.717) is 29.1 Å². The minimum absolute atomic E-state index is 0.0177. The number of aryl methyl sites for hydroxylation is 1. The maximum atomic E-state index is 12.7. The molecular formula is C20H18N2O3S. The van der Waals surface area contributed by atoms with Crippen LogP contribution in [-0.4, -0.2) is 27.8 Å². The normalized spacial score (nSPS) is 11.0. The van der Waals surface area contributed by atoms with Gasteiger partial charge < -0.3 is 9.30 Å². The molecule has 0 aliphatic carbocycles. The second-order valence-electron chi connectivity index (χ2n) is 5.75. The third-order valence-corrected chi connectivity index (χ3v) is 4.60. The van der Waals surface area contributed by atoms with Crippen molar-refractivity contribution < 1.29 is 14.3 Å². The second-order valence-corrected chi connectivity index (χ2v) is 6.38. The number of hydrogen-bond acceptors (Lipinski definition) is 5. The van der Waals surface area contributed by atoms with Gasteiger partial charge in [-0.1, -0.05) is 42.0 Å². The number of allylic oxidation sites excluding steroid dienone is 1. The van der Waals surface area contributed by atoms with Crippen LogP contribution in [0.2, 0.25) is 0 Å². The molecular weight excluding hydrogens is 348 g/mol. The third kappa shape index (κ3) is 3.81. The highest BCUT2D eigenvalue weighted by Crippen LogP contribution is 2.15. The van der Waals surface area contributed by atoms with Crippen LogP contribution in [-0.2, 0) is 11.3 Å². The molecule has 0 unspecified atom stereocenters. The summed E-state index contributed by atoms with van der Waals surface area (Å²) in [5.41, 5.74) is 3.41. The summed E-state index contributed by atoms with van der Waals surface area (Å²) in [5.74, 6) is -0.474. The summed E-state index contributed by atoms with van der Waals surface area (Å²) in [5, 5.41) is 1.79. The lowest BCUT2D eigenvalue weighted by atomic mass is 10.1. The number of methoxy groups -OCH3 is 1. The van der Waals surface area contributed by atoms with Gasteiger partial charge >= 0.3 is 5.97 Å². The predicted octanol–water partition coefficient (Wildman–Crippen LogP) is 3.98. The number of carbonyl (C=O) groups is 2. The molecule has 0 spiro atoms. The van der Waals surface area contributed by atoms with Crippen LogP contribution < -0.4 is 0 Å². The van der Waals surface area contributed by atoms with Crippen molar-refractivity contribution in [3.05, 3.63) is 82.1 Å². The van der Waals surface area contributed by atoms with E-state index < -0.39 is 5.97 Å². The predicted molar refractivity (Wildman–Crippen MR) is 102 cm³/mol. The molecule has 0 fully saturated rings. The maximum Gasteiger partial charge on any atom is 0.358 e. The van der Waals surface area contributed by atoms with E-state index >= 15 is 0 Å². The quantitative estimate of drug-likeness (QED) is 0.489. The zero-order chi connectivity index (χ0) is 18.5. The Balaban J connectivity index is 1.75. The van der Waals surface area contributed by atoms with Crippen LogP contribution in [0.1, 0.15) is 37.7 Å². The standard InChI is InChI=1S/C20H18N2O3S/c1-14-7-9-15(10-8-14)19(23)17-6-4-12-22(17)11-3-5-16-13-26-21-18(16)20(24)25-2/h3-10,12-13H,11H2,1-2H3/b5-3+. The van der Waals surface area contributed by atoms with Crippen LogP contribution >= 0.6 is 11.5 Å². The topological polar surface area (TPSA) is 61.2 Å². The van der Waals surface area contributed by atoms with Gasteiger partial charge in [0.1, 0.15) is 0 Å². The maximum absolute atomic E-state index is 12.7. The molecule has 2 aromatic heterocycles. The average Bonchev–Trinajstić information content (AvgIpc) is 3.30. The summed E-state index contributed by atoms with van der Waals surface area (Å²) in [6.45, 7) is 2.50. The lowest BCUT2D eigenvalue weighted by molar-refractivity contribution is 0.0595. The zero-order valence-electron chi connectivity index (χ0n) is 14.5. The first-order chi connectivity index (χ1) is 12.6. The number of nitrogens with zero attached hydrogens (tertiary/aromatic N) is 2. The minimum Gasteiger partial charge on any atom is -0.464 e. The molecule has 0 amide bonds. The molecule has 6 heteroatoms. The summed E-state index contributed by atoms with van der Waals surface area (Å²) in [6.07, 6.45) is 5.57. The van der Waals surface area contributed by atoms with Gasteiger partial charge in [-0.15, -0.1) is 0 Å². The van der Waals surface area contributed by atoms with Gasteiger partial charge in [0.05, 0.1) is 12.8 Å². The van der Waals surface area contributed by atoms with Gasteiger partial charge in [0.2, 0.25) is 5.78 Å². The summed E-state index contributed by atoms with van der Waals surface area (Å²) >= 11 is 1.20. The van der Waals surface area contributed by atoms with Crippen molar-refractivity contribution in [2.75, 3.05) is 7.11 Å². The first-order valence-electron chi connectivity index (χ1n) is 8.06. The van der Waals surface area contributed by atoms with Crippen molar-refractivity contribution >= 4 is 29.4 Å². The third-order valence-electron chi connectivity index (χ3n) is 3.95. The first-order valence-corrected chi connectivity index (χ1v) is 8.89. The molecule has 26 heavy (non-hydrogen) atoms. The van der Waals surface area contributed by atoms with Crippen LogP contribution in [0.3, 0.4) is 0 Å². The lowest BCUT2D eigenvalue weighted by Crippen LogP contribution is -2.09. The van der Waals surface area contributed by atoms with Gasteiger partial charge in [-0.2, -0.15) is 4.37 Å². The molecule has 0 radical (unpaired) electrons. The SMILES string of the molecule is COC(=O)c1nscc1/C=C/Cn1cccc1C(=O)c1ccc(C)cc1. The van der Waals surface area contributed by atoms with E-state index in [1.807, 2.05) is 66.2 Å². The number of esters is 1. The summed E-state index contributed by atoms with van der Waals surface area (Å²) in [6, 6.07) is 11.2. The lowest BCUT2D eigenvalue weighted by Gasteiger charge is -2.06. The average molecular weight is 366 g/mol. The van der Waals surface area contributed by atoms with Crippen LogP contribution in [0.25, 0.3) is 6.08 Å². The van der Waals surface area contributed by atoms with Gasteiger partial charge in [-0.25, -0.2) is 4.79 Å². The number of ketones is 1. The van der Waals surface area contributed by atoms with Crippen molar-refractivity contribution in [3.63, 3.8) is 0 Å². The number of aromatic nitrogens is 2. The Hall–Kier alpha value is -2.99. The second kappa shape index (κ2) is 7.93. The monoisotopic (exact) mass is 366 g/mol. The molecule has 1 aromatic carbocycles. The fourth-order valence-electron chi connectivity index (χ4n) is 2.54. The molecule has 0 N–H and O–H groups in total. The van der Waals surface area contributed by atoms with E-state index in [2.05, 4.69) is 4.37 Å². The van der Waals surface area contributed by atoms with Crippen molar-refractivity contribution in [2.24, 2.45) is 0 Å². The van der Waals surface area contributed by atoms with Crippen molar-refractivity contribution in [1.82, 2.24) is 8.94 Å². The van der Waals surface area contributed by atoms with E-state index in [1.54, 1.807) is 5.38 Å². The number of hydrogen-bond donors (Lipinski definition) is 0. The Labute approximate surface area is 155 Å². The van der Waals surface area contributed by atoms with Crippen LogP contribution in [0.4, 0.5) is 0 Å². The van der Waals surface area contributed by atoms with Gasteiger partial charge in [0.15, 0.2) is 5.69 Å². The van der Waals surface area contributed by atoms with E-state index in [-0.39, 0.29) is 5.78 Å². The molecule has 0 bridgehead atoms. The van der Waals surface area contributed by atoms with Crippen LogP contribution in [0.15, 0.2) is 54.1 Å². The van der Waals surface area contributed by atoms with Crippen molar-refractivity contribution in [1.29, 1.82) is 0 Å². The number of rotatable bonds is 6. The highest BCUT2D eigenvalue weighted by Gasteiger charge is 2.14. The van der Waals surface area contributed by atoms with Crippen LogP contribution in [0, 0.1) is 6.92 Å². The molecule has 0 aliphatic rings. The van der Waals surface area contributed by atoms with Gasteiger partial charge in [-0.3, -0.25) is 4.79 Å². The zero-order valence-corrected chi connectivity index (χ0v) is 15.3. The summed E-state index contributed by atoms with van der Waals surface area (Å²) in [7, 11) is 1.33. The largest absolute Gasteiger partial charge is 0.464 e. The Bertz CT molecular complexity index is 952. The molecule has 2 heterocycles. The molecule has 5 nitrogen and oxygen atoms in total. The van der Waals surface area contributed by atoms with E-state index in [0.717, 1.165) is 5.56 Å². The minimum atomic E-state index is -0.456. The summed E-state index contributed by atoms with van der Waals surface area (Å²) in [4.78, 5) is 24.3. The highest BCUT2D eigenvalue weighted by molar-refractivity contribution is 7.04.